The quantitative estimate of drug-likeness (QED) is 0.529. The monoisotopic (exact) mass is 267 g/mol. The lowest BCUT2D eigenvalue weighted by molar-refractivity contribution is 0.296. The molecule has 0 heterocycles. The maximum absolute atomic E-state index is 8.75. The van der Waals surface area contributed by atoms with Crippen molar-refractivity contribution in [2.24, 2.45) is 0 Å². The predicted octanol–water partition coefficient (Wildman–Crippen LogP) is 3.61. The predicted molar refractivity (Wildman–Crippen MR) is 80.2 cm³/mol. The highest BCUT2D eigenvalue weighted by Gasteiger charge is 2.07. The van der Waals surface area contributed by atoms with Crippen LogP contribution in [0.25, 0.3) is 0 Å². The van der Waals surface area contributed by atoms with E-state index in [2.05, 4.69) is 43.4 Å². The fraction of sp³-hybridized carbons (Fsp3) is 0.600. The summed E-state index contributed by atoms with van der Waals surface area (Å²) in [5.74, 6) is 0.987. The third kappa shape index (κ3) is 5.42. The standard InChI is InChI=1S/C15H25NOS/c1-3-10-16-15(4-2)13-6-8-14(9-7-13)18-12-5-11-17/h6-9,15-17H,3-5,10-12H2,1-2H3. The Kier molecular flexibility index (Phi) is 8.14. The fourth-order valence-electron chi connectivity index (χ4n) is 1.87. The molecule has 1 unspecified atom stereocenters. The van der Waals surface area contributed by atoms with Crippen molar-refractivity contribution in [1.82, 2.24) is 5.32 Å². The molecule has 1 atom stereocenters. The summed E-state index contributed by atoms with van der Waals surface area (Å²) in [7, 11) is 0. The van der Waals surface area contributed by atoms with Crippen LogP contribution in [0, 0.1) is 0 Å². The van der Waals surface area contributed by atoms with E-state index >= 15 is 0 Å². The van der Waals surface area contributed by atoms with Gasteiger partial charge < -0.3 is 10.4 Å². The van der Waals surface area contributed by atoms with E-state index in [9.17, 15) is 0 Å². The van der Waals surface area contributed by atoms with Gasteiger partial charge in [-0.2, -0.15) is 0 Å². The first kappa shape index (κ1) is 15.5. The molecule has 1 rings (SSSR count). The van der Waals surface area contributed by atoms with Crippen molar-refractivity contribution in [2.45, 2.75) is 44.0 Å². The molecule has 0 radical (unpaired) electrons. The van der Waals surface area contributed by atoms with Gasteiger partial charge >= 0.3 is 0 Å². The van der Waals surface area contributed by atoms with Gasteiger partial charge in [-0.3, -0.25) is 0 Å². The number of aliphatic hydroxyl groups is 1. The summed E-state index contributed by atoms with van der Waals surface area (Å²) in [6, 6.07) is 9.29. The van der Waals surface area contributed by atoms with Crippen LogP contribution in [0.15, 0.2) is 29.2 Å². The zero-order chi connectivity index (χ0) is 13.2. The van der Waals surface area contributed by atoms with Gasteiger partial charge in [0.1, 0.15) is 0 Å². The molecule has 3 heteroatoms. The molecule has 2 nitrogen and oxygen atoms in total. The molecule has 0 saturated carbocycles. The van der Waals surface area contributed by atoms with Crippen LogP contribution in [0.4, 0.5) is 0 Å². The first-order valence-electron chi connectivity index (χ1n) is 6.88. The Morgan fingerprint density at radius 3 is 2.50 bits per heavy atom. The minimum atomic E-state index is 0.282. The summed E-state index contributed by atoms with van der Waals surface area (Å²) in [6.07, 6.45) is 3.16. The SMILES string of the molecule is CCCNC(CC)c1ccc(SCCCO)cc1. The van der Waals surface area contributed by atoms with Gasteiger partial charge in [0, 0.05) is 23.3 Å². The lowest BCUT2D eigenvalue weighted by atomic mass is 10.0. The minimum absolute atomic E-state index is 0.282. The maximum atomic E-state index is 8.75. The zero-order valence-corrected chi connectivity index (χ0v) is 12.3. The second-order valence-corrected chi connectivity index (χ2v) is 5.58. The topological polar surface area (TPSA) is 32.3 Å². The summed E-state index contributed by atoms with van der Waals surface area (Å²) >= 11 is 1.81. The lowest BCUT2D eigenvalue weighted by Crippen LogP contribution is -2.21. The van der Waals surface area contributed by atoms with E-state index in [0.717, 1.165) is 25.1 Å². The van der Waals surface area contributed by atoms with E-state index in [-0.39, 0.29) is 6.61 Å². The van der Waals surface area contributed by atoms with Gasteiger partial charge in [0.2, 0.25) is 0 Å². The Bertz CT molecular complexity index is 313. The van der Waals surface area contributed by atoms with Crippen LogP contribution in [0.5, 0.6) is 0 Å². The van der Waals surface area contributed by atoms with E-state index in [1.807, 2.05) is 11.8 Å². The third-order valence-corrected chi connectivity index (χ3v) is 4.00. The molecule has 0 spiro atoms. The van der Waals surface area contributed by atoms with Crippen molar-refractivity contribution in [3.05, 3.63) is 29.8 Å². The molecule has 102 valence electrons. The molecule has 2 N–H and O–H groups in total. The number of rotatable bonds is 9. The molecular formula is C15H25NOS. The van der Waals surface area contributed by atoms with Gasteiger partial charge in [-0.15, -0.1) is 11.8 Å². The molecule has 0 saturated heterocycles. The van der Waals surface area contributed by atoms with E-state index in [1.165, 1.54) is 16.9 Å². The summed E-state index contributed by atoms with van der Waals surface area (Å²) in [5, 5.41) is 12.3. The van der Waals surface area contributed by atoms with Crippen molar-refractivity contribution >= 4 is 11.8 Å². The zero-order valence-electron chi connectivity index (χ0n) is 11.5. The summed E-state index contributed by atoms with van der Waals surface area (Å²) in [6.45, 7) is 5.77. The average Bonchev–Trinajstić information content (AvgIpc) is 2.41. The molecule has 0 fully saturated rings. The maximum Gasteiger partial charge on any atom is 0.0439 e. The summed E-state index contributed by atoms with van der Waals surface area (Å²) in [5.41, 5.74) is 1.37. The number of aliphatic hydroxyl groups excluding tert-OH is 1. The second-order valence-electron chi connectivity index (χ2n) is 4.41. The molecule has 0 amide bonds. The molecular weight excluding hydrogens is 242 g/mol. The highest BCUT2D eigenvalue weighted by atomic mass is 32.2. The molecule has 0 aliphatic heterocycles. The number of benzene rings is 1. The molecule has 0 aromatic heterocycles. The number of hydrogen-bond acceptors (Lipinski definition) is 3. The third-order valence-electron chi connectivity index (χ3n) is 2.90. The van der Waals surface area contributed by atoms with Crippen LogP contribution in [0.3, 0.4) is 0 Å². The van der Waals surface area contributed by atoms with Crippen LogP contribution < -0.4 is 5.32 Å². The van der Waals surface area contributed by atoms with Crippen molar-refractivity contribution in [1.29, 1.82) is 0 Å². The Morgan fingerprint density at radius 2 is 1.94 bits per heavy atom. The highest BCUT2D eigenvalue weighted by molar-refractivity contribution is 7.99. The van der Waals surface area contributed by atoms with Crippen LogP contribution >= 0.6 is 11.8 Å². The lowest BCUT2D eigenvalue weighted by Gasteiger charge is -2.17. The van der Waals surface area contributed by atoms with Crippen LogP contribution in [-0.2, 0) is 0 Å². The van der Waals surface area contributed by atoms with Gasteiger partial charge in [-0.1, -0.05) is 26.0 Å². The smallest absolute Gasteiger partial charge is 0.0439 e. The van der Waals surface area contributed by atoms with Crippen LogP contribution in [0.1, 0.15) is 44.7 Å². The van der Waals surface area contributed by atoms with Gasteiger partial charge in [-0.25, -0.2) is 0 Å². The normalized spacial score (nSPS) is 12.6. The Morgan fingerprint density at radius 1 is 1.22 bits per heavy atom. The molecule has 18 heavy (non-hydrogen) atoms. The van der Waals surface area contributed by atoms with E-state index < -0.39 is 0 Å². The van der Waals surface area contributed by atoms with Crippen molar-refractivity contribution < 1.29 is 5.11 Å². The molecule has 0 aliphatic carbocycles. The second kappa shape index (κ2) is 9.42. The first-order chi connectivity index (χ1) is 8.81. The van der Waals surface area contributed by atoms with Crippen molar-refractivity contribution in [2.75, 3.05) is 18.9 Å². The van der Waals surface area contributed by atoms with Crippen molar-refractivity contribution in [3.8, 4) is 0 Å². The average molecular weight is 267 g/mol. The minimum Gasteiger partial charge on any atom is -0.396 e. The van der Waals surface area contributed by atoms with Crippen LogP contribution in [0.2, 0.25) is 0 Å². The van der Waals surface area contributed by atoms with E-state index in [4.69, 9.17) is 5.11 Å². The van der Waals surface area contributed by atoms with Crippen molar-refractivity contribution in [3.63, 3.8) is 0 Å². The molecule has 1 aromatic carbocycles. The first-order valence-corrected chi connectivity index (χ1v) is 7.87. The molecule has 1 aromatic rings. The van der Waals surface area contributed by atoms with E-state index in [1.54, 1.807) is 0 Å². The largest absolute Gasteiger partial charge is 0.396 e. The summed E-state index contributed by atoms with van der Waals surface area (Å²) in [4.78, 5) is 1.29. The van der Waals surface area contributed by atoms with Gasteiger partial charge in [0.05, 0.1) is 0 Å². The van der Waals surface area contributed by atoms with Gasteiger partial charge in [0.15, 0.2) is 0 Å². The number of nitrogens with one attached hydrogen (secondary N) is 1. The highest BCUT2D eigenvalue weighted by Crippen LogP contribution is 2.23. The number of hydrogen-bond donors (Lipinski definition) is 2. The van der Waals surface area contributed by atoms with Gasteiger partial charge in [-0.05, 0) is 43.5 Å². The number of thioether (sulfide) groups is 1. The van der Waals surface area contributed by atoms with Crippen LogP contribution in [-0.4, -0.2) is 24.0 Å². The Labute approximate surface area is 115 Å². The molecule has 0 bridgehead atoms. The fourth-order valence-corrected chi connectivity index (χ4v) is 2.71. The summed E-state index contributed by atoms with van der Waals surface area (Å²) < 4.78 is 0. The Hall–Kier alpha value is -0.510. The molecule has 0 aliphatic rings. The van der Waals surface area contributed by atoms with Gasteiger partial charge in [0.25, 0.3) is 0 Å². The Balaban J connectivity index is 2.51. The van der Waals surface area contributed by atoms with E-state index in [0.29, 0.717) is 6.04 Å².